The standard InChI is InChI=1S/C21H17BrFNO5S/c1-2-28-19(25)11-24-20(26)18(30-21(24)27)10-13-6-7-17(16(22)9-13)29-12-14-4-3-5-15(23)8-14/h3-10H,2,11-12H2,1H3/b18-10+. The Balaban J connectivity index is 1.68. The van der Waals surface area contributed by atoms with Gasteiger partial charge in [-0.1, -0.05) is 18.2 Å². The normalized spacial score (nSPS) is 15.0. The van der Waals surface area contributed by atoms with Gasteiger partial charge in [0.15, 0.2) is 0 Å². The fourth-order valence-corrected chi connectivity index (χ4v) is 3.98. The zero-order valence-corrected chi connectivity index (χ0v) is 18.3. The van der Waals surface area contributed by atoms with Crippen LogP contribution in [0.25, 0.3) is 6.08 Å². The first-order chi connectivity index (χ1) is 14.4. The van der Waals surface area contributed by atoms with E-state index >= 15 is 0 Å². The van der Waals surface area contributed by atoms with Crippen LogP contribution in [-0.2, 0) is 20.9 Å². The van der Waals surface area contributed by atoms with E-state index in [1.165, 1.54) is 12.1 Å². The molecule has 0 unspecified atom stereocenters. The van der Waals surface area contributed by atoms with E-state index in [0.717, 1.165) is 16.7 Å². The van der Waals surface area contributed by atoms with Gasteiger partial charge in [-0.05, 0) is 76.1 Å². The van der Waals surface area contributed by atoms with Crippen LogP contribution in [0.4, 0.5) is 9.18 Å². The van der Waals surface area contributed by atoms with Crippen molar-refractivity contribution in [3.05, 3.63) is 68.8 Å². The first-order valence-corrected chi connectivity index (χ1v) is 10.6. The number of hydrogen-bond donors (Lipinski definition) is 0. The highest BCUT2D eigenvalue weighted by Crippen LogP contribution is 2.34. The SMILES string of the molecule is CCOC(=O)CN1C(=O)S/C(=C/c2ccc(OCc3cccc(F)c3)c(Br)c2)C1=O. The van der Waals surface area contributed by atoms with Crippen LogP contribution >= 0.6 is 27.7 Å². The molecule has 0 radical (unpaired) electrons. The highest BCUT2D eigenvalue weighted by atomic mass is 79.9. The lowest BCUT2D eigenvalue weighted by Gasteiger charge is -2.11. The lowest BCUT2D eigenvalue weighted by atomic mass is 10.2. The monoisotopic (exact) mass is 493 g/mol. The number of rotatable bonds is 7. The summed E-state index contributed by atoms with van der Waals surface area (Å²) in [5.74, 6) is -0.960. The van der Waals surface area contributed by atoms with Gasteiger partial charge in [0.05, 0.1) is 16.0 Å². The molecule has 0 spiro atoms. The Morgan fingerprint density at radius 1 is 1.23 bits per heavy atom. The molecule has 0 aliphatic carbocycles. The molecule has 30 heavy (non-hydrogen) atoms. The van der Waals surface area contributed by atoms with Gasteiger partial charge >= 0.3 is 5.97 Å². The Morgan fingerprint density at radius 2 is 2.03 bits per heavy atom. The molecule has 9 heteroatoms. The summed E-state index contributed by atoms with van der Waals surface area (Å²) in [6.07, 6.45) is 1.57. The van der Waals surface area contributed by atoms with Gasteiger partial charge in [0, 0.05) is 0 Å². The van der Waals surface area contributed by atoms with Crippen molar-refractivity contribution in [3.8, 4) is 5.75 Å². The largest absolute Gasteiger partial charge is 0.488 e. The minimum atomic E-state index is -0.636. The summed E-state index contributed by atoms with van der Waals surface area (Å²) in [7, 11) is 0. The van der Waals surface area contributed by atoms with E-state index in [2.05, 4.69) is 15.9 Å². The quantitative estimate of drug-likeness (QED) is 0.408. The summed E-state index contributed by atoms with van der Waals surface area (Å²) in [5, 5.41) is -0.520. The Morgan fingerprint density at radius 3 is 2.73 bits per heavy atom. The molecule has 0 atom stereocenters. The Hall–Kier alpha value is -2.65. The Labute approximate surface area is 185 Å². The number of ether oxygens (including phenoxy) is 2. The summed E-state index contributed by atoms with van der Waals surface area (Å²) >= 11 is 4.18. The van der Waals surface area contributed by atoms with Crippen molar-refractivity contribution in [2.24, 2.45) is 0 Å². The zero-order chi connectivity index (χ0) is 21.7. The molecule has 1 heterocycles. The smallest absolute Gasteiger partial charge is 0.326 e. The summed E-state index contributed by atoms with van der Waals surface area (Å²) in [4.78, 5) is 37.1. The highest BCUT2D eigenvalue weighted by molar-refractivity contribution is 9.10. The van der Waals surface area contributed by atoms with Crippen molar-refractivity contribution in [2.75, 3.05) is 13.2 Å². The van der Waals surface area contributed by atoms with Crippen LogP contribution in [0.3, 0.4) is 0 Å². The van der Waals surface area contributed by atoms with Crippen LogP contribution in [0.1, 0.15) is 18.1 Å². The van der Waals surface area contributed by atoms with E-state index in [0.29, 0.717) is 21.3 Å². The highest BCUT2D eigenvalue weighted by Gasteiger charge is 2.36. The molecular formula is C21H17BrFNO5S. The van der Waals surface area contributed by atoms with Gasteiger partial charge in [-0.15, -0.1) is 0 Å². The molecule has 0 N–H and O–H groups in total. The molecule has 2 amide bonds. The first-order valence-electron chi connectivity index (χ1n) is 8.95. The fourth-order valence-electron chi connectivity index (χ4n) is 2.64. The van der Waals surface area contributed by atoms with E-state index in [1.54, 1.807) is 43.3 Å². The molecule has 2 aromatic carbocycles. The van der Waals surface area contributed by atoms with Crippen molar-refractivity contribution < 1.29 is 28.2 Å². The van der Waals surface area contributed by atoms with E-state index in [4.69, 9.17) is 9.47 Å². The summed E-state index contributed by atoms with van der Waals surface area (Å²) in [6, 6.07) is 11.3. The van der Waals surface area contributed by atoms with Gasteiger partial charge < -0.3 is 9.47 Å². The second kappa shape index (κ2) is 9.90. The summed E-state index contributed by atoms with van der Waals surface area (Å²) < 4.78 is 24.4. The third-order valence-corrected chi connectivity index (χ3v) is 5.53. The number of esters is 1. The van der Waals surface area contributed by atoms with Crippen molar-refractivity contribution in [2.45, 2.75) is 13.5 Å². The number of carbonyl (C=O) groups excluding carboxylic acids is 3. The molecule has 1 fully saturated rings. The number of nitrogens with zero attached hydrogens (tertiary/aromatic N) is 1. The van der Waals surface area contributed by atoms with Gasteiger partial charge in [-0.3, -0.25) is 19.3 Å². The minimum absolute atomic E-state index is 0.173. The maximum absolute atomic E-state index is 13.3. The Bertz CT molecular complexity index is 1030. The third kappa shape index (κ3) is 5.48. The minimum Gasteiger partial charge on any atom is -0.488 e. The van der Waals surface area contributed by atoms with Gasteiger partial charge in [0.2, 0.25) is 0 Å². The number of halogens is 2. The zero-order valence-electron chi connectivity index (χ0n) is 15.9. The average Bonchev–Trinajstić information content (AvgIpc) is 2.95. The second-order valence-corrected chi connectivity index (χ2v) is 8.03. The molecule has 2 aromatic rings. The van der Waals surface area contributed by atoms with Crippen molar-refractivity contribution >= 4 is 50.9 Å². The number of carbonyl (C=O) groups is 3. The van der Waals surface area contributed by atoms with Crippen LogP contribution in [0, 0.1) is 5.82 Å². The van der Waals surface area contributed by atoms with Crippen LogP contribution in [0.2, 0.25) is 0 Å². The molecule has 156 valence electrons. The number of benzene rings is 2. The van der Waals surface area contributed by atoms with E-state index in [1.807, 2.05) is 0 Å². The molecular weight excluding hydrogens is 477 g/mol. The van der Waals surface area contributed by atoms with Gasteiger partial charge in [-0.2, -0.15) is 0 Å². The first kappa shape index (κ1) is 22.0. The summed E-state index contributed by atoms with van der Waals surface area (Å²) in [6.45, 7) is 1.61. The predicted octanol–water partition coefficient (Wildman–Crippen LogP) is 4.77. The van der Waals surface area contributed by atoms with E-state index < -0.39 is 23.7 Å². The second-order valence-electron chi connectivity index (χ2n) is 6.18. The lowest BCUT2D eigenvalue weighted by Crippen LogP contribution is -2.34. The van der Waals surface area contributed by atoms with E-state index in [9.17, 15) is 18.8 Å². The lowest BCUT2D eigenvalue weighted by molar-refractivity contribution is -0.145. The number of imide groups is 1. The van der Waals surface area contributed by atoms with Crippen LogP contribution in [0.5, 0.6) is 5.75 Å². The molecule has 1 aliphatic heterocycles. The van der Waals surface area contributed by atoms with Crippen LogP contribution in [-0.4, -0.2) is 35.2 Å². The van der Waals surface area contributed by atoms with Gasteiger partial charge in [0.1, 0.15) is 24.7 Å². The summed E-state index contributed by atoms with van der Waals surface area (Å²) in [5.41, 5.74) is 1.36. The molecule has 1 aliphatic rings. The fraction of sp³-hybridized carbons (Fsp3) is 0.190. The number of hydrogen-bond acceptors (Lipinski definition) is 6. The van der Waals surface area contributed by atoms with E-state index in [-0.39, 0.29) is 23.9 Å². The topological polar surface area (TPSA) is 72.9 Å². The average molecular weight is 494 g/mol. The van der Waals surface area contributed by atoms with Crippen molar-refractivity contribution in [3.63, 3.8) is 0 Å². The number of thioether (sulfide) groups is 1. The molecule has 0 saturated carbocycles. The van der Waals surface area contributed by atoms with Gasteiger partial charge in [0.25, 0.3) is 11.1 Å². The van der Waals surface area contributed by atoms with Crippen molar-refractivity contribution in [1.29, 1.82) is 0 Å². The molecule has 3 rings (SSSR count). The molecule has 6 nitrogen and oxygen atoms in total. The molecule has 1 saturated heterocycles. The third-order valence-electron chi connectivity index (χ3n) is 4.00. The number of amides is 2. The Kier molecular flexibility index (Phi) is 7.28. The van der Waals surface area contributed by atoms with Crippen LogP contribution in [0.15, 0.2) is 51.8 Å². The predicted molar refractivity (Wildman–Crippen MR) is 114 cm³/mol. The maximum Gasteiger partial charge on any atom is 0.326 e. The molecule has 0 aromatic heterocycles. The van der Waals surface area contributed by atoms with Gasteiger partial charge in [-0.25, -0.2) is 4.39 Å². The van der Waals surface area contributed by atoms with Crippen molar-refractivity contribution in [1.82, 2.24) is 4.90 Å². The molecule has 0 bridgehead atoms. The maximum atomic E-state index is 13.3. The van der Waals surface area contributed by atoms with Crippen LogP contribution < -0.4 is 4.74 Å².